The Morgan fingerprint density at radius 2 is 0.730 bits per heavy atom. The van der Waals surface area contributed by atoms with E-state index < -0.39 is 0 Å². The Hall–Kier alpha value is -0.860. The summed E-state index contributed by atoms with van der Waals surface area (Å²) in [7, 11) is 0. The summed E-state index contributed by atoms with van der Waals surface area (Å²) in [5.41, 5.74) is 0.483. The van der Waals surface area contributed by atoms with Gasteiger partial charge < -0.3 is 0 Å². The minimum Gasteiger partial charge on any atom is -0.296 e. The second-order valence-corrected chi connectivity index (χ2v) is 12.6. The fraction of sp³-hybridized carbons (Fsp3) is 0.941. The molecule has 1 N–H and O–H groups in total. The molecular formula is C34H69NO2. The van der Waals surface area contributed by atoms with Gasteiger partial charge in [0.1, 0.15) is 0 Å². The van der Waals surface area contributed by atoms with Gasteiger partial charge in [-0.05, 0) is 24.7 Å². The van der Waals surface area contributed by atoms with Gasteiger partial charge in [0.2, 0.25) is 11.8 Å². The van der Waals surface area contributed by atoms with Crippen molar-refractivity contribution in [1.82, 2.24) is 5.32 Å². The van der Waals surface area contributed by atoms with Crippen molar-refractivity contribution in [3.05, 3.63) is 0 Å². The fourth-order valence-corrected chi connectivity index (χ4v) is 4.59. The summed E-state index contributed by atoms with van der Waals surface area (Å²) in [6.07, 6.45) is 30.3. The third kappa shape index (κ3) is 37.4. The Kier molecular flexibility index (Phi) is 30.7. The molecule has 0 unspecified atom stereocenters. The largest absolute Gasteiger partial charge is 0.296 e. The zero-order valence-corrected chi connectivity index (χ0v) is 26.5. The van der Waals surface area contributed by atoms with Crippen molar-refractivity contribution in [2.45, 2.75) is 202 Å². The summed E-state index contributed by atoms with van der Waals surface area (Å²) >= 11 is 0. The van der Waals surface area contributed by atoms with Crippen LogP contribution in [0.3, 0.4) is 0 Å². The summed E-state index contributed by atoms with van der Waals surface area (Å²) in [5, 5.41) is 2.58. The highest BCUT2D eigenvalue weighted by molar-refractivity contribution is 5.95. The molecule has 222 valence electrons. The molecule has 0 aliphatic rings. The number of amides is 2. The molecule has 0 fully saturated rings. The second-order valence-electron chi connectivity index (χ2n) is 12.6. The quantitative estimate of drug-likeness (QED) is 0.128. The van der Waals surface area contributed by atoms with Crippen LogP contribution >= 0.6 is 0 Å². The molecule has 0 atom stereocenters. The number of hydrogen-bond donors (Lipinski definition) is 1. The Bertz CT molecular complexity index is 481. The van der Waals surface area contributed by atoms with E-state index in [1.807, 2.05) is 0 Å². The molecule has 0 bridgehead atoms. The number of rotatable bonds is 24. The van der Waals surface area contributed by atoms with Crippen LogP contribution in [0, 0.1) is 5.41 Å². The molecule has 0 aromatic heterocycles. The highest BCUT2D eigenvalue weighted by Gasteiger charge is 2.09. The van der Waals surface area contributed by atoms with Crippen molar-refractivity contribution in [3.8, 4) is 0 Å². The predicted molar refractivity (Wildman–Crippen MR) is 165 cm³/mol. The lowest BCUT2D eigenvalue weighted by Crippen LogP contribution is -2.29. The molecule has 0 radical (unpaired) electrons. The normalized spacial score (nSPS) is 11.2. The second kappa shape index (κ2) is 29.7. The summed E-state index contributed by atoms with van der Waals surface area (Å²) in [6, 6.07) is 0. The molecule has 0 saturated carbocycles. The van der Waals surface area contributed by atoms with Gasteiger partial charge >= 0.3 is 0 Å². The number of unbranched alkanes of at least 4 members (excludes halogenated alkanes) is 19. The van der Waals surface area contributed by atoms with E-state index in [-0.39, 0.29) is 11.8 Å². The standard InChI is InChI=1S/C31H61NO2.C3H8/c1-5-6-7-8-9-10-11-14-17-20-23-26-29(33)32-30(34)27-24-21-18-15-12-13-16-19-22-25-28-31(2,3)4;1-3-2/h5-28H2,1-4H3,(H,32,33,34);3H2,1-2H3. The molecule has 3 nitrogen and oxygen atoms in total. The van der Waals surface area contributed by atoms with E-state index in [1.54, 1.807) is 0 Å². The van der Waals surface area contributed by atoms with E-state index in [0.29, 0.717) is 18.3 Å². The summed E-state index contributed by atoms with van der Waals surface area (Å²) < 4.78 is 0. The maximum atomic E-state index is 11.9. The van der Waals surface area contributed by atoms with Crippen LogP contribution in [0.1, 0.15) is 202 Å². The molecule has 0 aliphatic carbocycles. The van der Waals surface area contributed by atoms with Crippen molar-refractivity contribution < 1.29 is 9.59 Å². The van der Waals surface area contributed by atoms with Gasteiger partial charge in [0.25, 0.3) is 0 Å². The summed E-state index contributed by atoms with van der Waals surface area (Å²) in [4.78, 5) is 23.9. The van der Waals surface area contributed by atoms with Crippen LogP contribution < -0.4 is 5.32 Å². The molecule has 2 amide bonds. The van der Waals surface area contributed by atoms with Crippen LogP contribution in [-0.4, -0.2) is 11.8 Å². The van der Waals surface area contributed by atoms with Gasteiger partial charge in [-0.2, -0.15) is 0 Å². The molecule has 0 aromatic carbocycles. The van der Waals surface area contributed by atoms with Crippen LogP contribution in [0.15, 0.2) is 0 Å². The van der Waals surface area contributed by atoms with Crippen molar-refractivity contribution in [2.24, 2.45) is 5.41 Å². The third-order valence-corrected chi connectivity index (χ3v) is 6.87. The molecule has 0 spiro atoms. The Morgan fingerprint density at radius 1 is 0.459 bits per heavy atom. The number of nitrogens with one attached hydrogen (secondary N) is 1. The van der Waals surface area contributed by atoms with Crippen molar-refractivity contribution in [1.29, 1.82) is 0 Å². The number of hydrogen-bond acceptors (Lipinski definition) is 2. The van der Waals surface area contributed by atoms with Crippen molar-refractivity contribution in [3.63, 3.8) is 0 Å². The van der Waals surface area contributed by atoms with Crippen molar-refractivity contribution >= 4 is 11.8 Å². The first-order chi connectivity index (χ1) is 17.8. The topological polar surface area (TPSA) is 46.2 Å². The molecule has 0 aromatic rings. The highest BCUT2D eigenvalue weighted by atomic mass is 16.2. The van der Waals surface area contributed by atoms with Gasteiger partial charge in [0, 0.05) is 12.8 Å². The molecular weight excluding hydrogens is 454 g/mol. The van der Waals surface area contributed by atoms with Gasteiger partial charge in [-0.15, -0.1) is 0 Å². The van der Waals surface area contributed by atoms with E-state index in [0.717, 1.165) is 25.7 Å². The van der Waals surface area contributed by atoms with Crippen LogP contribution in [0.25, 0.3) is 0 Å². The Morgan fingerprint density at radius 3 is 1.03 bits per heavy atom. The lowest BCUT2D eigenvalue weighted by molar-refractivity contribution is -0.130. The van der Waals surface area contributed by atoms with Crippen LogP contribution in [-0.2, 0) is 9.59 Å². The molecule has 37 heavy (non-hydrogen) atoms. The lowest BCUT2D eigenvalue weighted by Gasteiger charge is -2.17. The zero-order valence-electron chi connectivity index (χ0n) is 26.5. The van der Waals surface area contributed by atoms with Gasteiger partial charge in [0.05, 0.1) is 0 Å². The predicted octanol–water partition coefficient (Wildman–Crippen LogP) is 11.5. The van der Waals surface area contributed by atoms with Gasteiger partial charge in [-0.25, -0.2) is 0 Å². The molecule has 3 heteroatoms. The molecule has 0 saturated heterocycles. The first kappa shape index (κ1) is 38.3. The Labute approximate surface area is 234 Å². The zero-order chi connectivity index (χ0) is 28.0. The minimum absolute atomic E-state index is 0.0802. The smallest absolute Gasteiger partial charge is 0.226 e. The molecule has 0 heterocycles. The first-order valence-electron chi connectivity index (χ1n) is 16.6. The summed E-state index contributed by atoms with van der Waals surface area (Å²) in [5.74, 6) is -0.160. The average Bonchev–Trinajstić information content (AvgIpc) is 2.83. The maximum absolute atomic E-state index is 11.9. The summed E-state index contributed by atoms with van der Waals surface area (Å²) in [6.45, 7) is 13.5. The van der Waals surface area contributed by atoms with Crippen LogP contribution in [0.2, 0.25) is 0 Å². The van der Waals surface area contributed by atoms with Gasteiger partial charge in [0.15, 0.2) is 0 Å². The number of carbonyl (C=O) groups is 2. The van der Waals surface area contributed by atoms with E-state index >= 15 is 0 Å². The average molecular weight is 524 g/mol. The van der Waals surface area contributed by atoms with Crippen LogP contribution in [0.4, 0.5) is 0 Å². The third-order valence-electron chi connectivity index (χ3n) is 6.87. The van der Waals surface area contributed by atoms with Gasteiger partial charge in [-0.3, -0.25) is 14.9 Å². The molecule has 0 aliphatic heterocycles. The maximum Gasteiger partial charge on any atom is 0.226 e. The Balaban J connectivity index is 0. The monoisotopic (exact) mass is 524 g/mol. The first-order valence-corrected chi connectivity index (χ1v) is 16.6. The van der Waals surface area contributed by atoms with E-state index in [4.69, 9.17) is 0 Å². The number of imide groups is 1. The van der Waals surface area contributed by atoms with Crippen LogP contribution in [0.5, 0.6) is 0 Å². The van der Waals surface area contributed by atoms with E-state index in [9.17, 15) is 9.59 Å². The van der Waals surface area contributed by atoms with Gasteiger partial charge in [-0.1, -0.05) is 170 Å². The van der Waals surface area contributed by atoms with Crippen molar-refractivity contribution in [2.75, 3.05) is 0 Å². The molecule has 0 rings (SSSR count). The van der Waals surface area contributed by atoms with E-state index in [1.165, 1.54) is 122 Å². The van der Waals surface area contributed by atoms with E-state index in [2.05, 4.69) is 46.9 Å². The number of carbonyl (C=O) groups excluding carboxylic acids is 2. The fourth-order valence-electron chi connectivity index (χ4n) is 4.59. The highest BCUT2D eigenvalue weighted by Crippen LogP contribution is 2.22. The SMILES string of the molecule is CCC.CCCCCCCCCCCCCC(=O)NC(=O)CCCCCCCCCCCCC(C)(C)C. The lowest BCUT2D eigenvalue weighted by atomic mass is 9.89. The minimum atomic E-state index is -0.0803.